The Balaban J connectivity index is 2.98. The third-order valence-electron chi connectivity index (χ3n) is 1.72. The number of carbonyl (C=O) groups is 1. The molecule has 2 heteroatoms. The molecule has 0 aromatic rings. The van der Waals surface area contributed by atoms with E-state index in [-0.39, 0.29) is 11.2 Å². The molecule has 0 aromatic carbocycles. The van der Waals surface area contributed by atoms with Crippen molar-refractivity contribution < 1.29 is 4.79 Å². The van der Waals surface area contributed by atoms with Gasteiger partial charge in [-0.15, -0.1) is 0 Å². The maximum atomic E-state index is 11.2. The summed E-state index contributed by atoms with van der Waals surface area (Å²) >= 11 is 5.40. The highest BCUT2D eigenvalue weighted by atomic mass is 35.5. The second kappa shape index (κ2) is 3.28. The molecule has 0 amide bonds. The summed E-state index contributed by atoms with van der Waals surface area (Å²) in [6.07, 6.45) is 7.01. The van der Waals surface area contributed by atoms with Crippen molar-refractivity contribution in [3.05, 3.63) is 35.4 Å². The molecule has 0 unspecified atom stereocenters. The van der Waals surface area contributed by atoms with Crippen molar-refractivity contribution >= 4 is 17.4 Å². The van der Waals surface area contributed by atoms with Crippen LogP contribution in [-0.2, 0) is 4.79 Å². The van der Waals surface area contributed by atoms with E-state index in [0.29, 0.717) is 5.57 Å². The minimum atomic E-state index is -0.0420. The molecule has 0 saturated carbocycles. The standard InChI is InChI=1S/C10H11ClO/c1-10(2)5-3-9(12)8(7-10)4-6-11/h3-7H,1-2H3/b6-4-. The number of carbonyl (C=O) groups excluding carboxylic acids is 1. The van der Waals surface area contributed by atoms with Crippen molar-refractivity contribution in [3.63, 3.8) is 0 Å². The predicted molar refractivity (Wildman–Crippen MR) is 51.0 cm³/mol. The lowest BCUT2D eigenvalue weighted by Crippen LogP contribution is -2.12. The summed E-state index contributed by atoms with van der Waals surface area (Å²) in [6, 6.07) is 0. The molecule has 0 bridgehead atoms. The average molecular weight is 183 g/mol. The summed E-state index contributed by atoms with van der Waals surface area (Å²) in [7, 11) is 0. The molecule has 1 aliphatic rings. The largest absolute Gasteiger partial charge is 0.289 e. The Morgan fingerprint density at radius 2 is 2.17 bits per heavy atom. The first-order chi connectivity index (χ1) is 5.55. The summed E-state index contributed by atoms with van der Waals surface area (Å²) in [5.74, 6) is 0.0197. The molecule has 12 heavy (non-hydrogen) atoms. The van der Waals surface area contributed by atoms with Gasteiger partial charge in [0, 0.05) is 16.5 Å². The third kappa shape index (κ3) is 2.08. The van der Waals surface area contributed by atoms with Gasteiger partial charge >= 0.3 is 0 Å². The Bertz CT molecular complexity index is 282. The molecule has 0 fully saturated rings. The van der Waals surface area contributed by atoms with Crippen molar-refractivity contribution in [1.29, 1.82) is 0 Å². The van der Waals surface area contributed by atoms with Gasteiger partial charge in [-0.3, -0.25) is 4.79 Å². The average Bonchev–Trinajstić information content (AvgIpc) is 1.97. The lowest BCUT2D eigenvalue weighted by Gasteiger charge is -2.19. The Kier molecular flexibility index (Phi) is 2.53. The highest BCUT2D eigenvalue weighted by Crippen LogP contribution is 2.26. The first-order valence-electron chi connectivity index (χ1n) is 3.78. The van der Waals surface area contributed by atoms with E-state index in [1.807, 2.05) is 26.0 Å². The number of rotatable bonds is 1. The molecule has 64 valence electrons. The normalized spacial score (nSPS) is 21.6. The summed E-state index contributed by atoms with van der Waals surface area (Å²) in [6.45, 7) is 4.08. The fraction of sp³-hybridized carbons (Fsp3) is 0.300. The SMILES string of the molecule is CC1(C)C=CC(=O)C(/C=C\Cl)=C1. The minimum Gasteiger partial charge on any atom is -0.289 e. The van der Waals surface area contributed by atoms with Crippen LogP contribution in [-0.4, -0.2) is 5.78 Å². The van der Waals surface area contributed by atoms with E-state index < -0.39 is 0 Å². The van der Waals surface area contributed by atoms with E-state index in [4.69, 9.17) is 11.6 Å². The van der Waals surface area contributed by atoms with Gasteiger partial charge < -0.3 is 0 Å². The molecular weight excluding hydrogens is 172 g/mol. The van der Waals surface area contributed by atoms with Gasteiger partial charge in [-0.2, -0.15) is 0 Å². The van der Waals surface area contributed by atoms with E-state index >= 15 is 0 Å². The topological polar surface area (TPSA) is 17.1 Å². The number of hydrogen-bond donors (Lipinski definition) is 0. The molecule has 0 spiro atoms. The molecule has 0 aliphatic heterocycles. The maximum absolute atomic E-state index is 11.2. The van der Waals surface area contributed by atoms with Crippen LogP contribution >= 0.6 is 11.6 Å². The molecule has 0 heterocycles. The van der Waals surface area contributed by atoms with Crippen molar-refractivity contribution in [2.24, 2.45) is 5.41 Å². The maximum Gasteiger partial charge on any atom is 0.185 e. The Morgan fingerprint density at radius 3 is 2.75 bits per heavy atom. The van der Waals surface area contributed by atoms with E-state index in [1.165, 1.54) is 5.54 Å². The lowest BCUT2D eigenvalue weighted by atomic mass is 9.85. The molecule has 0 N–H and O–H groups in total. The zero-order valence-corrected chi connectivity index (χ0v) is 7.93. The Morgan fingerprint density at radius 1 is 1.50 bits per heavy atom. The summed E-state index contributed by atoms with van der Waals surface area (Å²) in [5.41, 5.74) is 1.98. The highest BCUT2D eigenvalue weighted by molar-refractivity contribution is 6.26. The van der Waals surface area contributed by atoms with Crippen molar-refractivity contribution in [2.45, 2.75) is 13.8 Å². The molecular formula is C10H11ClO. The van der Waals surface area contributed by atoms with Gasteiger partial charge in [-0.25, -0.2) is 0 Å². The van der Waals surface area contributed by atoms with E-state index in [1.54, 1.807) is 12.2 Å². The van der Waals surface area contributed by atoms with Gasteiger partial charge in [0.2, 0.25) is 0 Å². The molecule has 1 aliphatic carbocycles. The van der Waals surface area contributed by atoms with Gasteiger partial charge in [0.05, 0.1) is 0 Å². The van der Waals surface area contributed by atoms with Crippen LogP contribution in [0.3, 0.4) is 0 Å². The smallest absolute Gasteiger partial charge is 0.185 e. The summed E-state index contributed by atoms with van der Waals surface area (Å²) in [4.78, 5) is 11.2. The molecule has 0 saturated heterocycles. The van der Waals surface area contributed by atoms with Crippen LogP contribution in [0.2, 0.25) is 0 Å². The lowest BCUT2D eigenvalue weighted by molar-refractivity contribution is -0.111. The van der Waals surface area contributed by atoms with Crippen LogP contribution in [0.1, 0.15) is 13.8 Å². The second-order valence-electron chi connectivity index (χ2n) is 3.41. The van der Waals surface area contributed by atoms with Crippen molar-refractivity contribution in [2.75, 3.05) is 0 Å². The zero-order chi connectivity index (χ0) is 9.19. The predicted octanol–water partition coefficient (Wildman–Crippen LogP) is 2.83. The highest BCUT2D eigenvalue weighted by Gasteiger charge is 2.18. The minimum absolute atomic E-state index is 0.0197. The van der Waals surface area contributed by atoms with Gasteiger partial charge in [-0.1, -0.05) is 37.6 Å². The number of ketones is 1. The van der Waals surface area contributed by atoms with Crippen molar-refractivity contribution in [3.8, 4) is 0 Å². The number of halogens is 1. The number of allylic oxidation sites excluding steroid dienone is 5. The molecule has 0 atom stereocenters. The van der Waals surface area contributed by atoms with E-state index in [2.05, 4.69) is 0 Å². The summed E-state index contributed by atoms with van der Waals surface area (Å²) in [5, 5.41) is 0. The van der Waals surface area contributed by atoms with E-state index in [9.17, 15) is 4.79 Å². The van der Waals surface area contributed by atoms with Crippen LogP contribution in [0.5, 0.6) is 0 Å². The van der Waals surface area contributed by atoms with E-state index in [0.717, 1.165) is 0 Å². The molecule has 0 radical (unpaired) electrons. The van der Waals surface area contributed by atoms with Crippen LogP contribution in [0.4, 0.5) is 0 Å². The van der Waals surface area contributed by atoms with Gasteiger partial charge in [0.25, 0.3) is 0 Å². The van der Waals surface area contributed by atoms with Crippen LogP contribution < -0.4 is 0 Å². The fourth-order valence-electron chi connectivity index (χ4n) is 1.10. The quantitative estimate of drug-likeness (QED) is 0.610. The van der Waals surface area contributed by atoms with Crippen molar-refractivity contribution in [1.82, 2.24) is 0 Å². The Hall–Kier alpha value is -0.820. The van der Waals surface area contributed by atoms with Gasteiger partial charge in [0.15, 0.2) is 5.78 Å². The Labute approximate surface area is 77.4 Å². The third-order valence-corrected chi connectivity index (χ3v) is 1.84. The number of hydrogen-bond acceptors (Lipinski definition) is 1. The van der Waals surface area contributed by atoms with Gasteiger partial charge in [-0.05, 0) is 12.2 Å². The van der Waals surface area contributed by atoms with Crippen LogP contribution in [0, 0.1) is 5.41 Å². The van der Waals surface area contributed by atoms with Crippen LogP contribution in [0.15, 0.2) is 35.4 Å². The molecule has 0 aromatic heterocycles. The first-order valence-corrected chi connectivity index (χ1v) is 4.22. The monoisotopic (exact) mass is 182 g/mol. The van der Waals surface area contributed by atoms with Crippen LogP contribution in [0.25, 0.3) is 0 Å². The fourth-order valence-corrected chi connectivity index (χ4v) is 1.24. The zero-order valence-electron chi connectivity index (χ0n) is 7.17. The first kappa shape index (κ1) is 9.27. The second-order valence-corrected chi connectivity index (χ2v) is 3.66. The molecule has 1 rings (SSSR count). The summed E-state index contributed by atoms with van der Waals surface area (Å²) < 4.78 is 0. The van der Waals surface area contributed by atoms with Gasteiger partial charge in [0.1, 0.15) is 0 Å². The molecule has 1 nitrogen and oxygen atoms in total.